The zero-order valence-electron chi connectivity index (χ0n) is 19.0. The van der Waals surface area contributed by atoms with Gasteiger partial charge in [-0.2, -0.15) is 0 Å². The summed E-state index contributed by atoms with van der Waals surface area (Å²) >= 11 is 0. The topological polar surface area (TPSA) is 131 Å². The number of nitrogens with zero attached hydrogens (tertiary/aromatic N) is 3. The summed E-state index contributed by atoms with van der Waals surface area (Å²) in [5, 5.41) is 6.64. The average Bonchev–Trinajstić information content (AvgIpc) is 2.70. The summed E-state index contributed by atoms with van der Waals surface area (Å²) in [6.45, 7) is 11.9. The first-order chi connectivity index (χ1) is 14.3. The largest absolute Gasteiger partial charge is 0.403 e. The van der Waals surface area contributed by atoms with Crippen molar-refractivity contribution in [1.29, 1.82) is 0 Å². The van der Waals surface area contributed by atoms with Crippen molar-refractivity contribution in [2.75, 3.05) is 31.1 Å². The van der Waals surface area contributed by atoms with Gasteiger partial charge in [0, 0.05) is 49.3 Å². The highest BCUT2D eigenvalue weighted by atomic mass is 15.3. The SMILES string of the molecule is Cc1nc(N2CCC(N/C(N)=C/C(=C\N)NCCCN)CC2)nc(C)c1CC(C)C. The fourth-order valence-corrected chi connectivity index (χ4v) is 3.73. The van der Waals surface area contributed by atoms with Crippen molar-refractivity contribution in [3.05, 3.63) is 40.7 Å². The minimum atomic E-state index is 0.322. The van der Waals surface area contributed by atoms with Crippen LogP contribution in [0.2, 0.25) is 0 Å². The van der Waals surface area contributed by atoms with Gasteiger partial charge in [0.15, 0.2) is 0 Å². The highest BCUT2D eigenvalue weighted by Gasteiger charge is 2.22. The molecular formula is C22H40N8. The van der Waals surface area contributed by atoms with Gasteiger partial charge < -0.3 is 32.7 Å². The number of piperidine rings is 1. The molecule has 1 aromatic rings. The van der Waals surface area contributed by atoms with Crippen LogP contribution < -0.4 is 32.7 Å². The number of aromatic nitrogens is 2. The van der Waals surface area contributed by atoms with Crippen molar-refractivity contribution < 1.29 is 0 Å². The number of rotatable bonds is 10. The monoisotopic (exact) mass is 416 g/mol. The van der Waals surface area contributed by atoms with Crippen LogP contribution in [0, 0.1) is 19.8 Å². The van der Waals surface area contributed by atoms with Crippen LogP contribution in [-0.2, 0) is 6.42 Å². The minimum absolute atomic E-state index is 0.322. The molecule has 0 aromatic carbocycles. The molecule has 1 saturated heterocycles. The Balaban J connectivity index is 1.91. The molecule has 0 amide bonds. The number of nitrogens with two attached hydrogens (primary N) is 3. The van der Waals surface area contributed by atoms with E-state index in [1.807, 2.05) is 6.08 Å². The average molecular weight is 417 g/mol. The van der Waals surface area contributed by atoms with Crippen molar-refractivity contribution in [3.63, 3.8) is 0 Å². The summed E-state index contributed by atoms with van der Waals surface area (Å²) in [5.41, 5.74) is 21.7. The fourth-order valence-electron chi connectivity index (χ4n) is 3.73. The molecule has 0 bridgehead atoms. The van der Waals surface area contributed by atoms with Crippen molar-refractivity contribution in [1.82, 2.24) is 20.6 Å². The van der Waals surface area contributed by atoms with E-state index in [0.717, 1.165) is 68.4 Å². The number of anilines is 1. The smallest absolute Gasteiger partial charge is 0.225 e. The Bertz CT molecular complexity index is 710. The summed E-state index contributed by atoms with van der Waals surface area (Å²) in [4.78, 5) is 11.9. The first-order valence-corrected chi connectivity index (χ1v) is 11.0. The standard InChI is InChI=1S/C22H40N8/c1-15(2)12-20-16(3)27-22(28-17(20)4)30-10-6-18(7-11-30)29-21(25)13-19(14-24)26-9-5-8-23/h13-15,18,26,29H,5-12,23-25H2,1-4H3/b19-14+,21-13+. The van der Waals surface area contributed by atoms with Crippen LogP contribution in [0.3, 0.4) is 0 Å². The zero-order chi connectivity index (χ0) is 22.1. The third-order valence-electron chi connectivity index (χ3n) is 5.37. The molecule has 1 aromatic heterocycles. The van der Waals surface area contributed by atoms with Crippen molar-refractivity contribution >= 4 is 5.95 Å². The molecule has 2 rings (SSSR count). The molecule has 30 heavy (non-hydrogen) atoms. The lowest BCUT2D eigenvalue weighted by Crippen LogP contribution is -2.44. The highest BCUT2D eigenvalue weighted by Crippen LogP contribution is 2.21. The summed E-state index contributed by atoms with van der Waals surface area (Å²) in [6.07, 6.45) is 7.23. The predicted octanol–water partition coefficient (Wildman–Crippen LogP) is 1.39. The summed E-state index contributed by atoms with van der Waals surface area (Å²) < 4.78 is 0. The normalized spacial score (nSPS) is 16.3. The van der Waals surface area contributed by atoms with E-state index in [-0.39, 0.29) is 0 Å². The van der Waals surface area contributed by atoms with Crippen molar-refractivity contribution in [2.45, 2.75) is 59.4 Å². The molecule has 1 fully saturated rings. The maximum atomic E-state index is 6.18. The lowest BCUT2D eigenvalue weighted by Gasteiger charge is -2.33. The van der Waals surface area contributed by atoms with Gasteiger partial charge in [0.05, 0.1) is 11.5 Å². The van der Waals surface area contributed by atoms with E-state index in [0.29, 0.717) is 24.3 Å². The van der Waals surface area contributed by atoms with Crippen LogP contribution in [0.25, 0.3) is 0 Å². The Hall–Kier alpha value is -2.48. The van der Waals surface area contributed by atoms with Gasteiger partial charge in [-0.05, 0) is 57.6 Å². The third-order valence-corrected chi connectivity index (χ3v) is 5.37. The van der Waals surface area contributed by atoms with Gasteiger partial charge in [-0.25, -0.2) is 9.97 Å². The Labute approximate surface area is 181 Å². The fraction of sp³-hybridized carbons (Fsp3) is 0.636. The first-order valence-electron chi connectivity index (χ1n) is 11.0. The Morgan fingerprint density at radius 1 is 1.20 bits per heavy atom. The molecule has 0 unspecified atom stereocenters. The van der Waals surface area contributed by atoms with Gasteiger partial charge in [-0.15, -0.1) is 0 Å². The zero-order valence-corrected chi connectivity index (χ0v) is 19.0. The van der Waals surface area contributed by atoms with Crippen LogP contribution >= 0.6 is 0 Å². The van der Waals surface area contributed by atoms with E-state index < -0.39 is 0 Å². The second-order valence-corrected chi connectivity index (χ2v) is 8.47. The Kier molecular flexibility index (Phi) is 9.23. The maximum absolute atomic E-state index is 6.18. The van der Waals surface area contributed by atoms with Crippen LogP contribution in [-0.4, -0.2) is 42.2 Å². The lowest BCUT2D eigenvalue weighted by molar-refractivity contribution is 0.439. The van der Waals surface area contributed by atoms with Gasteiger partial charge in [-0.3, -0.25) is 0 Å². The lowest BCUT2D eigenvalue weighted by atomic mass is 10.0. The van der Waals surface area contributed by atoms with Crippen molar-refractivity contribution in [2.24, 2.45) is 23.1 Å². The molecule has 168 valence electrons. The van der Waals surface area contributed by atoms with Crippen LogP contribution in [0.15, 0.2) is 23.8 Å². The first kappa shape index (κ1) is 23.8. The van der Waals surface area contributed by atoms with Gasteiger partial charge >= 0.3 is 0 Å². The molecule has 2 heterocycles. The van der Waals surface area contributed by atoms with E-state index in [1.54, 1.807) is 0 Å². The maximum Gasteiger partial charge on any atom is 0.225 e. The Morgan fingerprint density at radius 3 is 2.37 bits per heavy atom. The number of allylic oxidation sites excluding steroid dienone is 1. The molecule has 0 atom stereocenters. The summed E-state index contributed by atoms with van der Waals surface area (Å²) in [7, 11) is 0. The van der Waals surface area contributed by atoms with Gasteiger partial charge in [0.25, 0.3) is 0 Å². The minimum Gasteiger partial charge on any atom is -0.403 e. The molecule has 8 heteroatoms. The van der Waals surface area contributed by atoms with Gasteiger partial charge in [0.1, 0.15) is 0 Å². The van der Waals surface area contributed by atoms with E-state index in [9.17, 15) is 0 Å². The molecule has 1 aliphatic rings. The molecule has 0 spiro atoms. The highest BCUT2D eigenvalue weighted by molar-refractivity contribution is 5.37. The second-order valence-electron chi connectivity index (χ2n) is 8.47. The predicted molar refractivity (Wildman–Crippen MR) is 125 cm³/mol. The molecule has 8 N–H and O–H groups in total. The third kappa shape index (κ3) is 7.09. The van der Waals surface area contributed by atoms with E-state index in [1.165, 1.54) is 11.8 Å². The second kappa shape index (κ2) is 11.6. The molecule has 0 aliphatic carbocycles. The number of aryl methyl sites for hydroxylation is 2. The van der Waals surface area contributed by atoms with Crippen LogP contribution in [0.1, 0.15) is 50.1 Å². The molecule has 8 nitrogen and oxygen atoms in total. The molecular weight excluding hydrogens is 376 g/mol. The number of nitrogens with one attached hydrogen (secondary N) is 2. The number of hydrogen-bond donors (Lipinski definition) is 5. The van der Waals surface area contributed by atoms with Crippen LogP contribution in [0.5, 0.6) is 0 Å². The van der Waals surface area contributed by atoms with Crippen molar-refractivity contribution in [3.8, 4) is 0 Å². The van der Waals surface area contributed by atoms with E-state index >= 15 is 0 Å². The molecule has 0 radical (unpaired) electrons. The quantitative estimate of drug-likeness (QED) is 0.286. The van der Waals surface area contributed by atoms with Gasteiger partial charge in [0.2, 0.25) is 5.95 Å². The van der Waals surface area contributed by atoms with E-state index in [4.69, 9.17) is 27.2 Å². The number of hydrogen-bond acceptors (Lipinski definition) is 8. The van der Waals surface area contributed by atoms with E-state index in [2.05, 4.69) is 43.2 Å². The Morgan fingerprint density at radius 2 is 1.83 bits per heavy atom. The molecule has 0 saturated carbocycles. The van der Waals surface area contributed by atoms with Gasteiger partial charge in [-0.1, -0.05) is 13.8 Å². The summed E-state index contributed by atoms with van der Waals surface area (Å²) in [5.74, 6) is 2.06. The molecule has 1 aliphatic heterocycles. The summed E-state index contributed by atoms with van der Waals surface area (Å²) in [6, 6.07) is 0.322. The van der Waals surface area contributed by atoms with Crippen LogP contribution in [0.4, 0.5) is 5.95 Å².